The van der Waals surface area contributed by atoms with Crippen molar-refractivity contribution in [2.45, 2.75) is 19.9 Å². The monoisotopic (exact) mass is 374 g/mol. The summed E-state index contributed by atoms with van der Waals surface area (Å²) in [4.78, 5) is 24.1. The molecule has 2 amide bonds. The van der Waals surface area contributed by atoms with Crippen LogP contribution in [0.1, 0.15) is 35.8 Å². The standard InChI is InChI=1S/C20H23FN2O4/c1-4-27-16-8-5-14(6-9-16)20(25)22-12-19(24)23-13(2)15-7-10-18(26-3)17(21)11-15/h5-11,13H,4,12H2,1-3H3,(H,22,25)(H,23,24). The molecule has 0 radical (unpaired) electrons. The SMILES string of the molecule is CCOc1ccc(C(=O)NCC(=O)NC(C)c2ccc(OC)c(F)c2)cc1. The highest BCUT2D eigenvalue weighted by molar-refractivity contribution is 5.96. The van der Waals surface area contributed by atoms with E-state index in [4.69, 9.17) is 9.47 Å². The van der Waals surface area contributed by atoms with Gasteiger partial charge in [-0.25, -0.2) is 4.39 Å². The molecule has 144 valence electrons. The summed E-state index contributed by atoms with van der Waals surface area (Å²) in [5, 5.41) is 5.26. The average Bonchev–Trinajstić information content (AvgIpc) is 2.66. The van der Waals surface area contributed by atoms with Crippen molar-refractivity contribution in [1.82, 2.24) is 10.6 Å². The van der Waals surface area contributed by atoms with Crippen molar-refractivity contribution in [3.05, 3.63) is 59.4 Å². The first-order valence-corrected chi connectivity index (χ1v) is 8.58. The molecule has 2 aromatic rings. The fraction of sp³-hybridized carbons (Fsp3) is 0.300. The van der Waals surface area contributed by atoms with Crippen LogP contribution in [-0.2, 0) is 4.79 Å². The van der Waals surface area contributed by atoms with Gasteiger partial charge in [0, 0.05) is 5.56 Å². The van der Waals surface area contributed by atoms with Crippen LogP contribution >= 0.6 is 0 Å². The molecule has 0 aliphatic heterocycles. The summed E-state index contributed by atoms with van der Waals surface area (Å²) in [6, 6.07) is 10.7. The molecule has 0 fully saturated rings. The van der Waals surface area contributed by atoms with Crippen molar-refractivity contribution in [2.75, 3.05) is 20.3 Å². The lowest BCUT2D eigenvalue weighted by molar-refractivity contribution is -0.120. The molecular weight excluding hydrogens is 351 g/mol. The van der Waals surface area contributed by atoms with Crippen LogP contribution < -0.4 is 20.1 Å². The summed E-state index contributed by atoms with van der Waals surface area (Å²) in [5.74, 6) is -0.429. The molecule has 0 saturated heterocycles. The van der Waals surface area contributed by atoms with E-state index < -0.39 is 11.9 Å². The summed E-state index contributed by atoms with van der Waals surface area (Å²) in [5.41, 5.74) is 1.02. The van der Waals surface area contributed by atoms with Crippen LogP contribution in [0.3, 0.4) is 0 Å². The zero-order valence-electron chi connectivity index (χ0n) is 15.5. The molecule has 2 N–H and O–H groups in total. The molecule has 6 nitrogen and oxygen atoms in total. The third-order valence-corrected chi connectivity index (χ3v) is 3.89. The molecule has 1 unspecified atom stereocenters. The number of carbonyl (C=O) groups is 2. The maximum absolute atomic E-state index is 13.8. The van der Waals surface area contributed by atoms with E-state index in [-0.39, 0.29) is 24.1 Å². The lowest BCUT2D eigenvalue weighted by Gasteiger charge is -2.15. The Morgan fingerprint density at radius 1 is 1.15 bits per heavy atom. The molecule has 0 aliphatic carbocycles. The van der Waals surface area contributed by atoms with Crippen LogP contribution in [0.5, 0.6) is 11.5 Å². The molecule has 27 heavy (non-hydrogen) atoms. The summed E-state index contributed by atoms with van der Waals surface area (Å²) in [7, 11) is 1.39. The van der Waals surface area contributed by atoms with Gasteiger partial charge in [0.15, 0.2) is 11.6 Å². The number of rotatable bonds is 8. The average molecular weight is 374 g/mol. The second kappa shape index (κ2) is 9.56. The zero-order valence-corrected chi connectivity index (χ0v) is 15.5. The Kier molecular flexibility index (Phi) is 7.16. The summed E-state index contributed by atoms with van der Waals surface area (Å²) in [6.45, 7) is 3.96. The highest BCUT2D eigenvalue weighted by Crippen LogP contribution is 2.21. The Labute approximate surface area is 157 Å². The number of hydrogen-bond acceptors (Lipinski definition) is 4. The lowest BCUT2D eigenvalue weighted by Crippen LogP contribution is -2.38. The van der Waals surface area contributed by atoms with E-state index >= 15 is 0 Å². The third kappa shape index (κ3) is 5.70. The van der Waals surface area contributed by atoms with Crippen molar-refractivity contribution in [2.24, 2.45) is 0 Å². The van der Waals surface area contributed by atoms with Crippen molar-refractivity contribution in [3.63, 3.8) is 0 Å². The Balaban J connectivity index is 1.86. The largest absolute Gasteiger partial charge is 0.494 e. The number of methoxy groups -OCH3 is 1. The molecule has 2 aromatic carbocycles. The van der Waals surface area contributed by atoms with Crippen molar-refractivity contribution in [3.8, 4) is 11.5 Å². The predicted molar refractivity (Wildman–Crippen MR) is 99.5 cm³/mol. The zero-order chi connectivity index (χ0) is 19.8. The van der Waals surface area contributed by atoms with Gasteiger partial charge >= 0.3 is 0 Å². The molecule has 0 heterocycles. The molecule has 0 bridgehead atoms. The van der Waals surface area contributed by atoms with Gasteiger partial charge < -0.3 is 20.1 Å². The molecule has 2 rings (SSSR count). The number of amides is 2. The molecule has 0 aromatic heterocycles. The van der Waals surface area contributed by atoms with Gasteiger partial charge in [-0.15, -0.1) is 0 Å². The molecular formula is C20H23FN2O4. The van der Waals surface area contributed by atoms with Gasteiger partial charge in [-0.3, -0.25) is 9.59 Å². The van der Waals surface area contributed by atoms with Crippen molar-refractivity contribution < 1.29 is 23.5 Å². The summed E-state index contributed by atoms with van der Waals surface area (Å²) >= 11 is 0. The maximum atomic E-state index is 13.8. The van der Waals surface area contributed by atoms with Gasteiger partial charge in [-0.1, -0.05) is 6.07 Å². The maximum Gasteiger partial charge on any atom is 0.251 e. The van der Waals surface area contributed by atoms with Gasteiger partial charge in [0.05, 0.1) is 26.3 Å². The van der Waals surface area contributed by atoms with Gasteiger partial charge in [-0.05, 0) is 55.8 Å². The van der Waals surface area contributed by atoms with Crippen LogP contribution in [0.15, 0.2) is 42.5 Å². The first-order valence-electron chi connectivity index (χ1n) is 8.58. The molecule has 0 spiro atoms. The first kappa shape index (κ1) is 20.2. The molecule has 7 heteroatoms. The van der Waals surface area contributed by atoms with E-state index in [0.29, 0.717) is 23.5 Å². The Morgan fingerprint density at radius 3 is 2.44 bits per heavy atom. The number of carbonyl (C=O) groups excluding carboxylic acids is 2. The minimum Gasteiger partial charge on any atom is -0.494 e. The number of nitrogens with one attached hydrogen (secondary N) is 2. The fourth-order valence-electron chi connectivity index (χ4n) is 2.46. The number of hydrogen-bond donors (Lipinski definition) is 2. The molecule has 1 atom stereocenters. The van der Waals surface area contributed by atoms with Gasteiger partial charge in [0.25, 0.3) is 5.91 Å². The highest BCUT2D eigenvalue weighted by Gasteiger charge is 2.13. The molecule has 0 aliphatic rings. The Hall–Kier alpha value is -3.09. The van der Waals surface area contributed by atoms with Crippen LogP contribution in [0.4, 0.5) is 4.39 Å². The second-order valence-electron chi connectivity index (χ2n) is 5.82. The normalized spacial score (nSPS) is 11.4. The van der Waals surface area contributed by atoms with Crippen molar-refractivity contribution in [1.29, 1.82) is 0 Å². The van der Waals surface area contributed by atoms with Crippen molar-refractivity contribution >= 4 is 11.8 Å². The second-order valence-corrected chi connectivity index (χ2v) is 5.82. The quantitative estimate of drug-likeness (QED) is 0.745. The summed E-state index contributed by atoms with van der Waals surface area (Å²) in [6.07, 6.45) is 0. The number of benzene rings is 2. The van der Waals surface area contributed by atoms with E-state index in [9.17, 15) is 14.0 Å². The number of halogens is 1. The highest BCUT2D eigenvalue weighted by atomic mass is 19.1. The number of ether oxygens (including phenoxy) is 2. The van der Waals surface area contributed by atoms with Crippen LogP contribution in [0.25, 0.3) is 0 Å². The third-order valence-electron chi connectivity index (χ3n) is 3.89. The van der Waals surface area contributed by atoms with E-state index in [1.165, 1.54) is 19.2 Å². The lowest BCUT2D eigenvalue weighted by atomic mass is 10.1. The minimum absolute atomic E-state index is 0.139. The predicted octanol–water partition coefficient (Wildman–Crippen LogP) is 2.84. The Morgan fingerprint density at radius 2 is 1.85 bits per heavy atom. The molecule has 0 saturated carbocycles. The van der Waals surface area contributed by atoms with Crippen LogP contribution in [-0.4, -0.2) is 32.1 Å². The van der Waals surface area contributed by atoms with Crippen LogP contribution in [0, 0.1) is 5.82 Å². The minimum atomic E-state index is -0.500. The van der Waals surface area contributed by atoms with Gasteiger partial charge in [-0.2, -0.15) is 0 Å². The van der Waals surface area contributed by atoms with E-state index in [0.717, 1.165) is 0 Å². The first-order chi connectivity index (χ1) is 12.9. The van der Waals surface area contributed by atoms with Gasteiger partial charge in [0.1, 0.15) is 5.75 Å². The summed E-state index contributed by atoms with van der Waals surface area (Å²) < 4.78 is 24.0. The van der Waals surface area contributed by atoms with Gasteiger partial charge in [0.2, 0.25) is 5.91 Å². The van der Waals surface area contributed by atoms with E-state index in [1.807, 2.05) is 6.92 Å². The smallest absolute Gasteiger partial charge is 0.251 e. The van der Waals surface area contributed by atoms with E-state index in [1.54, 1.807) is 37.3 Å². The Bertz CT molecular complexity index is 793. The topological polar surface area (TPSA) is 76.7 Å². The van der Waals surface area contributed by atoms with E-state index in [2.05, 4.69) is 10.6 Å². The fourth-order valence-corrected chi connectivity index (χ4v) is 2.46. The van der Waals surface area contributed by atoms with Crippen LogP contribution in [0.2, 0.25) is 0 Å².